The van der Waals surface area contributed by atoms with Gasteiger partial charge >= 0.3 is 5.97 Å². The number of carbonyl (C=O) groups excluding carboxylic acids is 1. The summed E-state index contributed by atoms with van der Waals surface area (Å²) in [5, 5.41) is 12.3. The van der Waals surface area contributed by atoms with Crippen LogP contribution < -0.4 is 10.2 Å². The van der Waals surface area contributed by atoms with Crippen molar-refractivity contribution in [3.05, 3.63) is 23.9 Å². The van der Waals surface area contributed by atoms with E-state index in [2.05, 4.69) is 20.1 Å². The van der Waals surface area contributed by atoms with Gasteiger partial charge in [0.05, 0.1) is 12.5 Å². The molecule has 0 spiro atoms. The number of piperidine rings is 2. The van der Waals surface area contributed by atoms with Gasteiger partial charge < -0.3 is 20.1 Å². The molecule has 0 saturated carbocycles. The zero-order chi connectivity index (χ0) is 19.9. The van der Waals surface area contributed by atoms with E-state index in [1.54, 1.807) is 25.4 Å². The summed E-state index contributed by atoms with van der Waals surface area (Å²) in [4.78, 5) is 32.6. The number of aromatic nitrogens is 1. The van der Waals surface area contributed by atoms with Crippen molar-refractivity contribution in [2.75, 3.05) is 51.3 Å². The summed E-state index contributed by atoms with van der Waals surface area (Å²) in [7, 11) is 1.63. The van der Waals surface area contributed by atoms with Crippen molar-refractivity contribution in [3.63, 3.8) is 0 Å². The van der Waals surface area contributed by atoms with Crippen LogP contribution in [0.1, 0.15) is 36.0 Å². The summed E-state index contributed by atoms with van der Waals surface area (Å²) < 4.78 is 4.99. The molecule has 8 nitrogen and oxygen atoms in total. The number of hydrogen-bond donors (Lipinski definition) is 2. The number of anilines is 1. The first-order chi connectivity index (χ1) is 13.6. The molecule has 2 aliphatic rings. The summed E-state index contributed by atoms with van der Waals surface area (Å²) in [6, 6.07) is 3.70. The molecule has 0 aliphatic carbocycles. The highest BCUT2D eigenvalue weighted by Crippen LogP contribution is 2.27. The Balaban J connectivity index is 1.53. The quantitative estimate of drug-likeness (QED) is 0.676. The Kier molecular flexibility index (Phi) is 7.22. The van der Waals surface area contributed by atoms with E-state index in [-0.39, 0.29) is 17.4 Å². The maximum absolute atomic E-state index is 12.4. The van der Waals surface area contributed by atoms with Crippen LogP contribution in [0.5, 0.6) is 0 Å². The molecule has 0 bridgehead atoms. The van der Waals surface area contributed by atoms with E-state index in [9.17, 15) is 14.7 Å². The van der Waals surface area contributed by atoms with Crippen LogP contribution in [0.25, 0.3) is 0 Å². The van der Waals surface area contributed by atoms with Crippen LogP contribution in [0.2, 0.25) is 0 Å². The third kappa shape index (κ3) is 4.99. The van der Waals surface area contributed by atoms with Crippen LogP contribution in [-0.2, 0) is 9.53 Å². The first-order valence-electron chi connectivity index (χ1n) is 10.0. The molecule has 1 atom stereocenters. The van der Waals surface area contributed by atoms with Gasteiger partial charge in [-0.15, -0.1) is 0 Å². The number of nitrogens with zero attached hydrogens (tertiary/aromatic N) is 3. The normalized spacial score (nSPS) is 21.5. The number of amides is 1. The minimum Gasteiger partial charge on any atom is -0.478 e. The number of hydrogen-bond acceptors (Lipinski definition) is 6. The summed E-state index contributed by atoms with van der Waals surface area (Å²) in [5.74, 6) is -0.220. The molecule has 1 aromatic rings. The molecule has 2 fully saturated rings. The molecule has 3 heterocycles. The smallest absolute Gasteiger partial charge is 0.339 e. The van der Waals surface area contributed by atoms with Gasteiger partial charge in [-0.25, -0.2) is 9.78 Å². The number of pyridine rings is 1. The van der Waals surface area contributed by atoms with Crippen LogP contribution in [-0.4, -0.2) is 79.3 Å². The second kappa shape index (κ2) is 9.84. The molecular formula is C20H30N4O4. The number of rotatable bonds is 7. The van der Waals surface area contributed by atoms with Gasteiger partial charge in [-0.1, -0.05) is 0 Å². The van der Waals surface area contributed by atoms with Gasteiger partial charge in [-0.05, 0) is 44.4 Å². The molecule has 2 N–H and O–H groups in total. The zero-order valence-corrected chi connectivity index (χ0v) is 16.5. The lowest BCUT2D eigenvalue weighted by Crippen LogP contribution is -2.51. The summed E-state index contributed by atoms with van der Waals surface area (Å²) in [6.07, 6.45) is 5.52. The number of carboxylic acids is 1. The Morgan fingerprint density at radius 3 is 2.79 bits per heavy atom. The number of carbonyl (C=O) groups is 2. The van der Waals surface area contributed by atoms with Crippen molar-refractivity contribution in [2.24, 2.45) is 5.92 Å². The number of methoxy groups -OCH3 is 1. The van der Waals surface area contributed by atoms with Gasteiger partial charge in [-0.3, -0.25) is 9.69 Å². The Morgan fingerprint density at radius 1 is 1.29 bits per heavy atom. The predicted octanol–water partition coefficient (Wildman–Crippen LogP) is 1.22. The van der Waals surface area contributed by atoms with E-state index in [1.807, 2.05) is 0 Å². The topological polar surface area (TPSA) is 95.0 Å². The fraction of sp³-hybridized carbons (Fsp3) is 0.650. The number of ether oxygens (including phenoxy) is 1. The number of carboxylic acid groups (broad SMARTS) is 1. The van der Waals surface area contributed by atoms with Crippen LogP contribution in [0, 0.1) is 5.92 Å². The third-order valence-electron chi connectivity index (χ3n) is 5.73. The first kappa shape index (κ1) is 20.5. The predicted molar refractivity (Wildman–Crippen MR) is 106 cm³/mol. The first-order valence-corrected chi connectivity index (χ1v) is 10.0. The summed E-state index contributed by atoms with van der Waals surface area (Å²) >= 11 is 0. The molecule has 3 rings (SSSR count). The minimum absolute atomic E-state index is 0.0399. The van der Waals surface area contributed by atoms with Crippen molar-refractivity contribution in [1.29, 1.82) is 0 Å². The van der Waals surface area contributed by atoms with Gasteiger partial charge in [-0.2, -0.15) is 0 Å². The molecule has 1 amide bonds. The van der Waals surface area contributed by atoms with E-state index < -0.39 is 5.97 Å². The Morgan fingerprint density at radius 2 is 2.07 bits per heavy atom. The van der Waals surface area contributed by atoms with Crippen molar-refractivity contribution in [1.82, 2.24) is 15.2 Å². The monoisotopic (exact) mass is 390 g/mol. The molecule has 0 aromatic carbocycles. The SMILES string of the molecule is COCCNC(=O)[C@@H]1CCCN(C2CCN(c3ncccc3C(=O)O)CC2)C1. The van der Waals surface area contributed by atoms with Crippen LogP contribution >= 0.6 is 0 Å². The van der Waals surface area contributed by atoms with Crippen molar-refractivity contribution in [3.8, 4) is 0 Å². The third-order valence-corrected chi connectivity index (χ3v) is 5.73. The average Bonchev–Trinajstić information content (AvgIpc) is 2.74. The maximum atomic E-state index is 12.4. The van der Waals surface area contributed by atoms with Crippen LogP contribution in [0.3, 0.4) is 0 Å². The average molecular weight is 390 g/mol. The van der Waals surface area contributed by atoms with Gasteiger partial charge in [0, 0.05) is 45.5 Å². The lowest BCUT2D eigenvalue weighted by atomic mass is 9.93. The zero-order valence-electron chi connectivity index (χ0n) is 16.5. The number of likely N-dealkylation sites (tertiary alicyclic amines) is 1. The molecule has 0 radical (unpaired) electrons. The van der Waals surface area contributed by atoms with E-state index >= 15 is 0 Å². The summed E-state index contributed by atoms with van der Waals surface area (Å²) in [5.41, 5.74) is 0.256. The molecule has 2 aliphatic heterocycles. The minimum atomic E-state index is -0.941. The van der Waals surface area contributed by atoms with E-state index in [4.69, 9.17) is 4.74 Å². The molecule has 28 heavy (non-hydrogen) atoms. The fourth-order valence-corrected chi connectivity index (χ4v) is 4.23. The fourth-order valence-electron chi connectivity index (χ4n) is 4.23. The molecule has 0 unspecified atom stereocenters. The van der Waals surface area contributed by atoms with Gasteiger partial charge in [0.2, 0.25) is 5.91 Å². The highest BCUT2D eigenvalue weighted by Gasteiger charge is 2.32. The van der Waals surface area contributed by atoms with Crippen molar-refractivity contribution in [2.45, 2.75) is 31.7 Å². The van der Waals surface area contributed by atoms with Crippen LogP contribution in [0.4, 0.5) is 5.82 Å². The van der Waals surface area contributed by atoms with E-state index in [0.29, 0.717) is 25.0 Å². The van der Waals surface area contributed by atoms with E-state index in [0.717, 1.165) is 51.9 Å². The molecular weight excluding hydrogens is 360 g/mol. The Bertz CT molecular complexity index is 676. The second-order valence-electron chi connectivity index (χ2n) is 7.52. The molecule has 2 saturated heterocycles. The summed E-state index contributed by atoms with van der Waals surface area (Å²) in [6.45, 7) is 4.48. The standard InChI is InChI=1S/C20H30N4O4/c1-28-13-9-22-19(25)15-4-3-10-24(14-15)16-6-11-23(12-7-16)18-17(20(26)27)5-2-8-21-18/h2,5,8,15-16H,3-4,6-7,9-14H2,1H3,(H,22,25)(H,26,27)/t15-/m1/s1. The van der Waals surface area contributed by atoms with Crippen LogP contribution in [0.15, 0.2) is 18.3 Å². The van der Waals surface area contributed by atoms with Crippen molar-refractivity contribution < 1.29 is 19.4 Å². The van der Waals surface area contributed by atoms with Crippen molar-refractivity contribution >= 4 is 17.7 Å². The molecule has 1 aromatic heterocycles. The van der Waals surface area contributed by atoms with E-state index in [1.165, 1.54) is 0 Å². The van der Waals surface area contributed by atoms with Gasteiger partial charge in [0.25, 0.3) is 0 Å². The maximum Gasteiger partial charge on any atom is 0.339 e. The Hall–Kier alpha value is -2.19. The molecule has 154 valence electrons. The highest BCUT2D eigenvalue weighted by molar-refractivity contribution is 5.93. The highest BCUT2D eigenvalue weighted by atomic mass is 16.5. The molecule has 8 heteroatoms. The lowest BCUT2D eigenvalue weighted by molar-refractivity contribution is -0.127. The second-order valence-corrected chi connectivity index (χ2v) is 7.52. The van der Waals surface area contributed by atoms with Gasteiger partial charge in [0.15, 0.2) is 0 Å². The largest absolute Gasteiger partial charge is 0.478 e. The Labute approximate surface area is 165 Å². The number of nitrogens with one attached hydrogen (secondary N) is 1. The number of aromatic carboxylic acids is 1. The van der Waals surface area contributed by atoms with Gasteiger partial charge in [0.1, 0.15) is 11.4 Å². The lowest BCUT2D eigenvalue weighted by Gasteiger charge is -2.42.